The molecule has 172 valence electrons. The largest absolute Gasteiger partial charge is 0.497 e. The van der Waals surface area contributed by atoms with E-state index in [4.69, 9.17) is 29.3 Å². The van der Waals surface area contributed by atoms with Gasteiger partial charge in [-0.15, -0.1) is 0 Å². The van der Waals surface area contributed by atoms with Crippen LogP contribution in [0, 0.1) is 6.92 Å². The Balaban J connectivity index is 0.000000534. The van der Waals surface area contributed by atoms with Gasteiger partial charge in [-0.2, -0.15) is 0 Å². The molecule has 0 radical (unpaired) electrons. The molecule has 2 aromatic rings. The number of methoxy groups -OCH3 is 1. The average molecular weight is 444 g/mol. The molecular formula is C23H28N2O7. The summed E-state index contributed by atoms with van der Waals surface area (Å²) in [5.74, 6) is -2.16. The van der Waals surface area contributed by atoms with Crippen LogP contribution < -0.4 is 9.47 Å². The molecule has 32 heavy (non-hydrogen) atoms. The second kappa shape index (κ2) is 12.3. The number of aliphatic carboxylic acids is 2. The molecule has 0 aromatic heterocycles. The van der Waals surface area contributed by atoms with Gasteiger partial charge in [0.2, 0.25) is 0 Å². The minimum absolute atomic E-state index is 0.0378. The molecule has 2 aromatic carbocycles. The summed E-state index contributed by atoms with van der Waals surface area (Å²) in [5, 5.41) is 14.8. The zero-order chi connectivity index (χ0) is 23.5. The summed E-state index contributed by atoms with van der Waals surface area (Å²) in [6, 6.07) is 15.9. The van der Waals surface area contributed by atoms with Gasteiger partial charge < -0.3 is 24.6 Å². The zero-order valence-corrected chi connectivity index (χ0v) is 18.2. The molecule has 3 rings (SSSR count). The number of aryl methyl sites for hydroxylation is 1. The van der Waals surface area contributed by atoms with Gasteiger partial charge >= 0.3 is 11.9 Å². The van der Waals surface area contributed by atoms with E-state index in [2.05, 4.69) is 36.1 Å². The SMILES string of the molecule is COc1ccc(OCC(=O)N2CCN(Cc3ccc(C)cc3)CC2)cc1.O=C(O)C(=O)O. The molecule has 1 aliphatic rings. The van der Waals surface area contributed by atoms with Crippen LogP contribution in [-0.4, -0.2) is 77.8 Å². The first kappa shape index (κ1) is 24.7. The molecule has 0 spiro atoms. The Kier molecular flexibility index (Phi) is 9.49. The fraction of sp³-hybridized carbons (Fsp3) is 0.348. The Morgan fingerprint density at radius 3 is 1.88 bits per heavy atom. The van der Waals surface area contributed by atoms with Gasteiger partial charge in [-0.3, -0.25) is 9.69 Å². The molecule has 1 heterocycles. The van der Waals surface area contributed by atoms with Gasteiger partial charge in [0.25, 0.3) is 5.91 Å². The maximum absolute atomic E-state index is 12.4. The average Bonchev–Trinajstić information content (AvgIpc) is 2.80. The predicted octanol–water partition coefficient (Wildman–Crippen LogP) is 1.88. The van der Waals surface area contributed by atoms with E-state index in [0.29, 0.717) is 5.75 Å². The number of carboxylic acids is 2. The van der Waals surface area contributed by atoms with Gasteiger partial charge in [0.1, 0.15) is 11.5 Å². The van der Waals surface area contributed by atoms with Crippen LogP contribution in [0.2, 0.25) is 0 Å². The van der Waals surface area contributed by atoms with E-state index in [0.717, 1.165) is 38.5 Å². The molecular weight excluding hydrogens is 416 g/mol. The number of hydrogen-bond acceptors (Lipinski definition) is 6. The fourth-order valence-corrected chi connectivity index (χ4v) is 3.02. The van der Waals surface area contributed by atoms with Crippen LogP contribution in [-0.2, 0) is 20.9 Å². The Bertz CT molecular complexity index is 878. The highest BCUT2D eigenvalue weighted by atomic mass is 16.5. The molecule has 0 unspecified atom stereocenters. The van der Waals surface area contributed by atoms with Crippen molar-refractivity contribution in [3.8, 4) is 11.5 Å². The van der Waals surface area contributed by atoms with Crippen LogP contribution in [0.15, 0.2) is 48.5 Å². The van der Waals surface area contributed by atoms with Crippen molar-refractivity contribution in [1.29, 1.82) is 0 Å². The summed E-state index contributed by atoms with van der Waals surface area (Å²) in [4.78, 5) is 34.8. The Labute approximate surface area is 186 Å². The molecule has 1 aliphatic heterocycles. The van der Waals surface area contributed by atoms with E-state index in [1.807, 2.05) is 29.2 Å². The van der Waals surface area contributed by atoms with E-state index < -0.39 is 11.9 Å². The third-order valence-corrected chi connectivity index (χ3v) is 4.86. The standard InChI is InChI=1S/C21H26N2O3.C2H2O4/c1-17-3-5-18(6-4-17)15-22-11-13-23(14-12-22)21(24)16-26-20-9-7-19(25-2)8-10-20;3-1(4)2(5)6/h3-10H,11-16H2,1-2H3;(H,3,4)(H,5,6). The molecule has 9 heteroatoms. The van der Waals surface area contributed by atoms with Crippen molar-refractivity contribution < 1.29 is 34.1 Å². The highest BCUT2D eigenvalue weighted by Crippen LogP contribution is 2.17. The van der Waals surface area contributed by atoms with Crippen LogP contribution in [0.25, 0.3) is 0 Å². The second-order valence-corrected chi connectivity index (χ2v) is 7.22. The normalized spacial score (nSPS) is 13.5. The van der Waals surface area contributed by atoms with E-state index in [1.54, 1.807) is 7.11 Å². The number of nitrogens with zero attached hydrogens (tertiary/aromatic N) is 2. The van der Waals surface area contributed by atoms with E-state index in [9.17, 15) is 4.79 Å². The highest BCUT2D eigenvalue weighted by Gasteiger charge is 2.21. The highest BCUT2D eigenvalue weighted by molar-refractivity contribution is 6.27. The fourth-order valence-electron chi connectivity index (χ4n) is 3.02. The molecule has 1 fully saturated rings. The van der Waals surface area contributed by atoms with Crippen LogP contribution >= 0.6 is 0 Å². The zero-order valence-electron chi connectivity index (χ0n) is 18.2. The third kappa shape index (κ3) is 8.27. The smallest absolute Gasteiger partial charge is 0.414 e. The van der Waals surface area contributed by atoms with Crippen molar-refractivity contribution in [3.63, 3.8) is 0 Å². The topological polar surface area (TPSA) is 117 Å². The number of benzene rings is 2. The maximum Gasteiger partial charge on any atom is 0.414 e. The summed E-state index contributed by atoms with van der Waals surface area (Å²) < 4.78 is 10.7. The third-order valence-electron chi connectivity index (χ3n) is 4.86. The lowest BCUT2D eigenvalue weighted by atomic mass is 10.1. The molecule has 0 saturated carbocycles. The summed E-state index contributed by atoms with van der Waals surface area (Å²) in [7, 11) is 1.62. The van der Waals surface area contributed by atoms with Crippen molar-refractivity contribution in [3.05, 3.63) is 59.7 Å². The summed E-state index contributed by atoms with van der Waals surface area (Å²) in [5.41, 5.74) is 2.60. The van der Waals surface area contributed by atoms with Crippen LogP contribution in [0.5, 0.6) is 11.5 Å². The van der Waals surface area contributed by atoms with Crippen molar-refractivity contribution in [2.75, 3.05) is 39.9 Å². The van der Waals surface area contributed by atoms with Crippen LogP contribution in [0.1, 0.15) is 11.1 Å². The first-order valence-electron chi connectivity index (χ1n) is 10.1. The number of carbonyl (C=O) groups is 3. The number of hydrogen-bond donors (Lipinski definition) is 2. The number of amides is 1. The van der Waals surface area contributed by atoms with Crippen molar-refractivity contribution in [2.24, 2.45) is 0 Å². The van der Waals surface area contributed by atoms with Gasteiger partial charge in [-0.05, 0) is 36.8 Å². The van der Waals surface area contributed by atoms with E-state index in [1.165, 1.54) is 11.1 Å². The predicted molar refractivity (Wildman–Crippen MR) is 117 cm³/mol. The molecule has 9 nitrogen and oxygen atoms in total. The van der Waals surface area contributed by atoms with Crippen LogP contribution in [0.3, 0.4) is 0 Å². The van der Waals surface area contributed by atoms with Gasteiger partial charge in [0.15, 0.2) is 6.61 Å². The van der Waals surface area contributed by atoms with E-state index in [-0.39, 0.29) is 12.5 Å². The first-order chi connectivity index (χ1) is 15.3. The number of carbonyl (C=O) groups excluding carboxylic acids is 1. The lowest BCUT2D eigenvalue weighted by Crippen LogP contribution is -2.49. The number of rotatable bonds is 6. The molecule has 1 saturated heterocycles. The molecule has 2 N–H and O–H groups in total. The molecule has 0 bridgehead atoms. The van der Waals surface area contributed by atoms with Gasteiger partial charge in [0, 0.05) is 32.7 Å². The minimum Gasteiger partial charge on any atom is -0.497 e. The molecule has 1 amide bonds. The van der Waals surface area contributed by atoms with Gasteiger partial charge in [-0.25, -0.2) is 9.59 Å². The Morgan fingerprint density at radius 2 is 1.38 bits per heavy atom. The van der Waals surface area contributed by atoms with Gasteiger partial charge in [-0.1, -0.05) is 29.8 Å². The Hall–Kier alpha value is -3.59. The lowest BCUT2D eigenvalue weighted by molar-refractivity contribution is -0.159. The summed E-state index contributed by atoms with van der Waals surface area (Å²) in [6.45, 7) is 6.38. The summed E-state index contributed by atoms with van der Waals surface area (Å²) >= 11 is 0. The van der Waals surface area contributed by atoms with Crippen molar-refractivity contribution in [1.82, 2.24) is 9.80 Å². The monoisotopic (exact) mass is 444 g/mol. The second-order valence-electron chi connectivity index (χ2n) is 7.22. The summed E-state index contributed by atoms with van der Waals surface area (Å²) in [6.07, 6.45) is 0. The molecule has 0 aliphatic carbocycles. The number of ether oxygens (including phenoxy) is 2. The first-order valence-corrected chi connectivity index (χ1v) is 10.1. The minimum atomic E-state index is -1.82. The number of piperazine rings is 1. The van der Waals surface area contributed by atoms with E-state index >= 15 is 0 Å². The van der Waals surface area contributed by atoms with Crippen LogP contribution in [0.4, 0.5) is 0 Å². The van der Waals surface area contributed by atoms with Crippen molar-refractivity contribution in [2.45, 2.75) is 13.5 Å². The molecule has 0 atom stereocenters. The van der Waals surface area contributed by atoms with Gasteiger partial charge in [0.05, 0.1) is 7.11 Å². The quantitative estimate of drug-likeness (QED) is 0.649. The Morgan fingerprint density at radius 1 is 0.844 bits per heavy atom. The van der Waals surface area contributed by atoms with Crippen molar-refractivity contribution >= 4 is 17.8 Å². The number of carboxylic acid groups (broad SMARTS) is 2. The lowest BCUT2D eigenvalue weighted by Gasteiger charge is -2.34. The maximum atomic E-state index is 12.4.